The van der Waals surface area contributed by atoms with Crippen LogP contribution in [0.3, 0.4) is 0 Å². The number of nitrogens with one attached hydrogen (secondary N) is 2. The van der Waals surface area contributed by atoms with Gasteiger partial charge in [-0.15, -0.1) is 0 Å². The third kappa shape index (κ3) is 4.14. The summed E-state index contributed by atoms with van der Waals surface area (Å²) in [6, 6.07) is 7.22. The summed E-state index contributed by atoms with van der Waals surface area (Å²) in [5, 5.41) is 21.9. The molecule has 0 aliphatic heterocycles. The van der Waals surface area contributed by atoms with Gasteiger partial charge in [0.25, 0.3) is 0 Å². The molecule has 18 heavy (non-hydrogen) atoms. The summed E-state index contributed by atoms with van der Waals surface area (Å²) in [4.78, 5) is 21.9. The Kier molecular flexibility index (Phi) is 4.69. The number of anilines is 1. The minimum atomic E-state index is -1.10. The van der Waals surface area contributed by atoms with E-state index in [9.17, 15) is 9.59 Å². The molecule has 1 atom stereocenters. The Morgan fingerprint density at radius 3 is 2.50 bits per heavy atom. The number of carboxylic acid groups (broad SMARTS) is 1. The van der Waals surface area contributed by atoms with Crippen molar-refractivity contribution < 1.29 is 14.7 Å². The van der Waals surface area contributed by atoms with Crippen LogP contribution in [0.5, 0.6) is 0 Å². The number of nitriles is 1. The van der Waals surface area contributed by atoms with Crippen LogP contribution < -0.4 is 10.6 Å². The number of nitrogens with zero attached hydrogens (tertiary/aromatic N) is 1. The Morgan fingerprint density at radius 2 is 2.00 bits per heavy atom. The fourth-order valence-corrected chi connectivity index (χ4v) is 1.22. The minimum absolute atomic E-state index is 0.308. The third-order valence-electron chi connectivity index (χ3n) is 2.21. The van der Waals surface area contributed by atoms with Gasteiger partial charge in [0.05, 0.1) is 12.5 Å². The van der Waals surface area contributed by atoms with Crippen LogP contribution in [-0.4, -0.2) is 23.1 Å². The lowest BCUT2D eigenvalue weighted by Gasteiger charge is -2.10. The van der Waals surface area contributed by atoms with Gasteiger partial charge in [0.15, 0.2) is 0 Å². The van der Waals surface area contributed by atoms with Gasteiger partial charge in [0, 0.05) is 5.69 Å². The highest BCUT2D eigenvalue weighted by Gasteiger charge is 2.13. The van der Waals surface area contributed by atoms with Gasteiger partial charge in [-0.2, -0.15) is 5.26 Å². The molecule has 6 nitrogen and oxygen atoms in total. The van der Waals surface area contributed by atoms with Crippen LogP contribution in [0, 0.1) is 11.3 Å². The van der Waals surface area contributed by atoms with E-state index in [4.69, 9.17) is 10.4 Å². The standard InChI is InChI=1S/C12H13N3O3/c1-8(11(16)17)14-12(18)15-10-4-2-9(3-5-10)6-7-13/h2-5,8H,6H2,1H3,(H,16,17)(H2,14,15,18)/t8-/m1/s1. The topological polar surface area (TPSA) is 102 Å². The number of carboxylic acids is 1. The van der Waals surface area contributed by atoms with Crippen LogP contribution in [0.1, 0.15) is 12.5 Å². The van der Waals surface area contributed by atoms with Crippen LogP contribution >= 0.6 is 0 Å². The van der Waals surface area contributed by atoms with Crippen molar-refractivity contribution in [2.75, 3.05) is 5.32 Å². The highest BCUT2D eigenvalue weighted by Crippen LogP contribution is 2.09. The quantitative estimate of drug-likeness (QED) is 0.747. The highest BCUT2D eigenvalue weighted by molar-refractivity contribution is 5.92. The van der Waals surface area contributed by atoms with E-state index < -0.39 is 18.0 Å². The number of urea groups is 1. The van der Waals surface area contributed by atoms with E-state index >= 15 is 0 Å². The molecule has 0 saturated heterocycles. The number of hydrogen-bond acceptors (Lipinski definition) is 3. The molecule has 0 bridgehead atoms. The van der Waals surface area contributed by atoms with Crippen LogP contribution in [0.4, 0.5) is 10.5 Å². The predicted octanol–water partition coefficient (Wildman–Crippen LogP) is 1.35. The molecule has 0 aliphatic carbocycles. The number of hydrogen-bond donors (Lipinski definition) is 3. The first-order valence-electron chi connectivity index (χ1n) is 5.29. The molecule has 0 unspecified atom stereocenters. The van der Waals surface area contributed by atoms with E-state index in [0.717, 1.165) is 5.56 Å². The first kappa shape index (κ1) is 13.5. The van der Waals surface area contributed by atoms with Gasteiger partial charge in [0.2, 0.25) is 0 Å². The van der Waals surface area contributed by atoms with E-state index in [0.29, 0.717) is 12.1 Å². The third-order valence-corrected chi connectivity index (χ3v) is 2.21. The maximum Gasteiger partial charge on any atom is 0.325 e. The smallest absolute Gasteiger partial charge is 0.325 e. The number of aliphatic carboxylic acids is 1. The summed E-state index contributed by atoms with van der Waals surface area (Å²) in [6.45, 7) is 1.37. The maximum absolute atomic E-state index is 11.4. The summed E-state index contributed by atoms with van der Waals surface area (Å²) in [5.41, 5.74) is 1.38. The van der Waals surface area contributed by atoms with Gasteiger partial charge < -0.3 is 15.7 Å². The lowest BCUT2D eigenvalue weighted by Crippen LogP contribution is -2.40. The number of carbonyl (C=O) groups is 2. The van der Waals surface area contributed by atoms with Crippen LogP contribution in [0.2, 0.25) is 0 Å². The Bertz CT molecular complexity index is 476. The molecule has 0 fully saturated rings. The molecule has 0 aliphatic rings. The Balaban J connectivity index is 2.55. The molecule has 6 heteroatoms. The second-order valence-electron chi connectivity index (χ2n) is 3.69. The summed E-state index contributed by atoms with van der Waals surface area (Å²) in [5.74, 6) is -1.10. The highest BCUT2D eigenvalue weighted by atomic mass is 16.4. The molecular formula is C12H13N3O3. The van der Waals surface area contributed by atoms with Crippen molar-refractivity contribution in [1.29, 1.82) is 5.26 Å². The van der Waals surface area contributed by atoms with Crippen molar-refractivity contribution >= 4 is 17.7 Å². The summed E-state index contributed by atoms with van der Waals surface area (Å²) >= 11 is 0. The largest absolute Gasteiger partial charge is 0.480 e. The van der Waals surface area contributed by atoms with E-state index in [2.05, 4.69) is 10.6 Å². The minimum Gasteiger partial charge on any atom is -0.480 e. The van der Waals surface area contributed by atoms with Gasteiger partial charge >= 0.3 is 12.0 Å². The SMILES string of the molecule is C[C@@H](NC(=O)Nc1ccc(CC#N)cc1)C(=O)O. The molecule has 1 rings (SSSR count). The van der Waals surface area contributed by atoms with E-state index in [1.54, 1.807) is 24.3 Å². The van der Waals surface area contributed by atoms with E-state index in [1.165, 1.54) is 6.92 Å². The van der Waals surface area contributed by atoms with E-state index in [-0.39, 0.29) is 0 Å². The summed E-state index contributed by atoms with van der Waals surface area (Å²) in [6.07, 6.45) is 0.308. The number of carbonyl (C=O) groups excluding carboxylic acids is 1. The molecule has 1 aromatic rings. The molecule has 2 amide bonds. The molecule has 0 saturated carbocycles. The normalized spacial score (nSPS) is 11.1. The first-order chi connectivity index (χ1) is 8.52. The first-order valence-corrected chi connectivity index (χ1v) is 5.29. The zero-order chi connectivity index (χ0) is 13.5. The molecule has 0 radical (unpaired) electrons. The van der Waals surface area contributed by atoms with Crippen molar-refractivity contribution in [1.82, 2.24) is 5.32 Å². The predicted molar refractivity (Wildman–Crippen MR) is 65.0 cm³/mol. The fourth-order valence-electron chi connectivity index (χ4n) is 1.22. The van der Waals surface area contributed by atoms with Gasteiger partial charge in [-0.05, 0) is 24.6 Å². The summed E-state index contributed by atoms with van der Waals surface area (Å²) in [7, 11) is 0. The van der Waals surface area contributed by atoms with Crippen molar-refractivity contribution in [2.24, 2.45) is 0 Å². The molecule has 0 spiro atoms. The number of benzene rings is 1. The van der Waals surface area contributed by atoms with E-state index in [1.807, 2.05) is 6.07 Å². The average molecular weight is 247 g/mol. The van der Waals surface area contributed by atoms with Crippen molar-refractivity contribution in [2.45, 2.75) is 19.4 Å². The fraction of sp³-hybridized carbons (Fsp3) is 0.250. The Morgan fingerprint density at radius 1 is 1.39 bits per heavy atom. The Labute approximate surface area is 104 Å². The molecular weight excluding hydrogens is 234 g/mol. The van der Waals surface area contributed by atoms with Crippen molar-refractivity contribution in [3.05, 3.63) is 29.8 Å². The van der Waals surface area contributed by atoms with Gasteiger partial charge in [-0.1, -0.05) is 12.1 Å². The zero-order valence-electron chi connectivity index (χ0n) is 9.80. The van der Waals surface area contributed by atoms with Crippen molar-refractivity contribution in [3.63, 3.8) is 0 Å². The maximum atomic E-state index is 11.4. The molecule has 0 heterocycles. The van der Waals surface area contributed by atoms with Gasteiger partial charge in [0.1, 0.15) is 6.04 Å². The van der Waals surface area contributed by atoms with Crippen LogP contribution in [0.15, 0.2) is 24.3 Å². The second kappa shape index (κ2) is 6.25. The lowest BCUT2D eigenvalue weighted by atomic mass is 10.1. The van der Waals surface area contributed by atoms with Gasteiger partial charge in [-0.25, -0.2) is 4.79 Å². The van der Waals surface area contributed by atoms with Crippen LogP contribution in [-0.2, 0) is 11.2 Å². The van der Waals surface area contributed by atoms with Crippen molar-refractivity contribution in [3.8, 4) is 6.07 Å². The zero-order valence-corrected chi connectivity index (χ0v) is 9.80. The molecule has 1 aromatic carbocycles. The summed E-state index contributed by atoms with van der Waals surface area (Å²) < 4.78 is 0. The number of amides is 2. The average Bonchev–Trinajstić information content (AvgIpc) is 2.31. The molecule has 0 aromatic heterocycles. The lowest BCUT2D eigenvalue weighted by molar-refractivity contribution is -0.138. The molecule has 3 N–H and O–H groups in total. The monoisotopic (exact) mass is 247 g/mol. The number of rotatable bonds is 4. The second-order valence-corrected chi connectivity index (χ2v) is 3.69. The Hall–Kier alpha value is -2.55. The molecule has 94 valence electrons. The van der Waals surface area contributed by atoms with Crippen LogP contribution in [0.25, 0.3) is 0 Å². The van der Waals surface area contributed by atoms with Gasteiger partial charge in [-0.3, -0.25) is 4.79 Å².